The molecule has 3 heterocycles. The van der Waals surface area contributed by atoms with E-state index in [1.807, 2.05) is 0 Å². The largest absolute Gasteiger partial charge is 0.573 e. The second-order valence-electron chi connectivity index (χ2n) is 8.48. The van der Waals surface area contributed by atoms with Crippen molar-refractivity contribution in [1.82, 2.24) is 24.8 Å². The molecule has 0 radical (unpaired) electrons. The summed E-state index contributed by atoms with van der Waals surface area (Å²) in [6.07, 6.45) is -4.79. The van der Waals surface area contributed by atoms with Crippen molar-refractivity contribution < 1.29 is 32.6 Å². The number of imidazole rings is 1. The van der Waals surface area contributed by atoms with Crippen LogP contribution in [0.4, 0.5) is 24.3 Å². The van der Waals surface area contributed by atoms with Gasteiger partial charge in [0.05, 0.1) is 33.9 Å². The number of nitrogens with zero attached hydrogens (tertiary/aromatic N) is 4. The highest BCUT2D eigenvalue weighted by molar-refractivity contribution is 7.22. The van der Waals surface area contributed by atoms with Gasteiger partial charge in [-0.2, -0.15) is 0 Å². The topological polar surface area (TPSA) is 122 Å². The molecule has 2 aromatic carbocycles. The van der Waals surface area contributed by atoms with E-state index in [9.17, 15) is 27.9 Å². The Morgan fingerprint density at radius 2 is 2.00 bits per heavy atom. The SMILES string of the molecule is Cn1c(Nc2nc3ccc(OC(F)(F)F)cc3s2)nc2cc(C(=O)NCC(=O)N3CCC(O)C3)ccc21. The molecule has 1 unspecified atom stereocenters. The van der Waals surface area contributed by atoms with Gasteiger partial charge in [0.15, 0.2) is 5.13 Å². The number of hydrogen-bond donors (Lipinski definition) is 3. The number of halogens is 3. The monoisotopic (exact) mass is 534 g/mol. The number of aliphatic hydroxyl groups is 1. The Morgan fingerprint density at radius 3 is 2.73 bits per heavy atom. The summed E-state index contributed by atoms with van der Waals surface area (Å²) in [5, 5.41) is 15.6. The summed E-state index contributed by atoms with van der Waals surface area (Å²) in [5.41, 5.74) is 2.07. The minimum Gasteiger partial charge on any atom is -0.406 e. The number of β-amino-alcohol motifs (C(OH)–C–C–N with tert-alkyl or cyclic N) is 1. The molecule has 37 heavy (non-hydrogen) atoms. The van der Waals surface area contributed by atoms with E-state index in [2.05, 4.69) is 25.3 Å². The van der Waals surface area contributed by atoms with E-state index >= 15 is 0 Å². The lowest BCUT2D eigenvalue weighted by Crippen LogP contribution is -2.39. The van der Waals surface area contributed by atoms with Crippen molar-refractivity contribution in [3.05, 3.63) is 42.0 Å². The fourth-order valence-electron chi connectivity index (χ4n) is 4.04. The number of nitrogens with one attached hydrogen (secondary N) is 2. The van der Waals surface area contributed by atoms with Crippen molar-refractivity contribution in [2.24, 2.45) is 7.05 Å². The smallest absolute Gasteiger partial charge is 0.406 e. The Bertz CT molecular complexity index is 1500. The van der Waals surface area contributed by atoms with Gasteiger partial charge in [-0.15, -0.1) is 13.2 Å². The second-order valence-corrected chi connectivity index (χ2v) is 9.51. The van der Waals surface area contributed by atoms with E-state index in [1.165, 1.54) is 23.1 Å². The van der Waals surface area contributed by atoms with Gasteiger partial charge in [-0.1, -0.05) is 11.3 Å². The number of aromatic nitrogens is 3. The minimum atomic E-state index is -4.78. The quantitative estimate of drug-likeness (QED) is 0.348. The molecule has 2 aromatic heterocycles. The first-order valence-corrected chi connectivity index (χ1v) is 12.0. The Hall–Kier alpha value is -3.91. The molecule has 0 aliphatic carbocycles. The molecule has 1 aliphatic rings. The summed E-state index contributed by atoms with van der Waals surface area (Å²) in [7, 11) is 1.77. The molecule has 1 saturated heterocycles. The Morgan fingerprint density at radius 1 is 1.19 bits per heavy atom. The molecule has 1 aliphatic heterocycles. The van der Waals surface area contributed by atoms with Gasteiger partial charge in [-0.05, 0) is 36.8 Å². The number of hydrogen-bond acceptors (Lipinski definition) is 8. The maximum Gasteiger partial charge on any atom is 0.573 e. The van der Waals surface area contributed by atoms with Gasteiger partial charge in [0.1, 0.15) is 5.75 Å². The standard InChI is InChI=1S/C23H21F3N6O4S/c1-31-17-5-2-12(20(35)27-10-19(34)32-7-6-13(33)11-32)8-16(17)28-21(31)30-22-29-15-4-3-14(9-18(15)37-22)36-23(24,25)26/h2-5,8-9,13,33H,6-7,10-11H2,1H3,(H,27,35)(H,28,29,30). The van der Waals surface area contributed by atoms with Crippen molar-refractivity contribution in [1.29, 1.82) is 0 Å². The van der Waals surface area contributed by atoms with Crippen LogP contribution in [-0.4, -0.2) is 68.5 Å². The molecule has 0 saturated carbocycles. The number of anilines is 2. The van der Waals surface area contributed by atoms with E-state index in [1.54, 1.807) is 29.8 Å². The van der Waals surface area contributed by atoms with Crippen LogP contribution in [0, 0.1) is 0 Å². The third-order valence-corrected chi connectivity index (χ3v) is 6.81. The van der Waals surface area contributed by atoms with Crippen molar-refractivity contribution in [2.45, 2.75) is 18.9 Å². The van der Waals surface area contributed by atoms with Gasteiger partial charge in [0.25, 0.3) is 5.91 Å². The van der Waals surface area contributed by atoms with Crippen LogP contribution in [0.2, 0.25) is 0 Å². The van der Waals surface area contributed by atoms with Gasteiger partial charge in [-0.25, -0.2) is 9.97 Å². The third kappa shape index (κ3) is 5.44. The Labute approximate surface area is 211 Å². The van der Waals surface area contributed by atoms with E-state index in [-0.39, 0.29) is 24.7 Å². The number of likely N-dealkylation sites (tertiary alicyclic amines) is 1. The zero-order chi connectivity index (χ0) is 26.3. The van der Waals surface area contributed by atoms with Gasteiger partial charge in [0.2, 0.25) is 11.9 Å². The second kappa shape index (κ2) is 9.52. The molecule has 1 atom stereocenters. The molecule has 2 amide bonds. The summed E-state index contributed by atoms with van der Waals surface area (Å²) in [5.74, 6) is -0.606. The molecular formula is C23H21F3N6O4S. The number of carbonyl (C=O) groups is 2. The lowest BCUT2D eigenvalue weighted by atomic mass is 10.2. The van der Waals surface area contributed by atoms with Crippen molar-refractivity contribution in [3.8, 4) is 5.75 Å². The van der Waals surface area contributed by atoms with Crippen LogP contribution >= 0.6 is 11.3 Å². The average molecular weight is 535 g/mol. The normalized spacial score (nSPS) is 15.9. The van der Waals surface area contributed by atoms with Crippen LogP contribution < -0.4 is 15.4 Å². The molecule has 1 fully saturated rings. The summed E-state index contributed by atoms with van der Waals surface area (Å²) in [4.78, 5) is 35.2. The van der Waals surface area contributed by atoms with E-state index in [0.717, 1.165) is 16.9 Å². The number of amides is 2. The summed E-state index contributed by atoms with van der Waals surface area (Å²) in [6.45, 7) is 0.552. The van der Waals surface area contributed by atoms with Gasteiger partial charge >= 0.3 is 6.36 Å². The van der Waals surface area contributed by atoms with Crippen LogP contribution in [0.25, 0.3) is 21.3 Å². The number of aliphatic hydroxyl groups excluding tert-OH is 1. The molecule has 3 N–H and O–H groups in total. The molecule has 14 heteroatoms. The number of carbonyl (C=O) groups excluding carboxylic acids is 2. The number of thiazole rings is 1. The molecule has 0 spiro atoms. The molecular weight excluding hydrogens is 513 g/mol. The average Bonchev–Trinajstić information content (AvgIpc) is 3.53. The first kappa shape index (κ1) is 24.8. The summed E-state index contributed by atoms with van der Waals surface area (Å²) in [6, 6.07) is 8.84. The molecule has 0 bridgehead atoms. The first-order valence-electron chi connectivity index (χ1n) is 11.2. The number of benzene rings is 2. The fraction of sp³-hybridized carbons (Fsp3) is 0.304. The predicted octanol–water partition coefficient (Wildman–Crippen LogP) is 3.15. The van der Waals surface area contributed by atoms with Crippen LogP contribution in [-0.2, 0) is 11.8 Å². The lowest BCUT2D eigenvalue weighted by molar-refractivity contribution is -0.274. The highest BCUT2D eigenvalue weighted by Gasteiger charge is 2.31. The zero-order valence-corrected chi connectivity index (χ0v) is 20.2. The zero-order valence-electron chi connectivity index (χ0n) is 19.4. The maximum absolute atomic E-state index is 12.6. The number of alkyl halides is 3. The fourth-order valence-corrected chi connectivity index (χ4v) is 4.93. The summed E-state index contributed by atoms with van der Waals surface area (Å²) >= 11 is 1.14. The third-order valence-electron chi connectivity index (χ3n) is 5.87. The summed E-state index contributed by atoms with van der Waals surface area (Å²) < 4.78 is 43.7. The molecule has 10 nitrogen and oxygen atoms in total. The van der Waals surface area contributed by atoms with Crippen molar-refractivity contribution >= 4 is 55.5 Å². The number of rotatable bonds is 6. The van der Waals surface area contributed by atoms with E-state index < -0.39 is 18.4 Å². The number of aryl methyl sites for hydroxylation is 1. The predicted molar refractivity (Wildman–Crippen MR) is 130 cm³/mol. The Kier molecular flexibility index (Phi) is 6.37. The lowest BCUT2D eigenvalue weighted by Gasteiger charge is -2.15. The van der Waals surface area contributed by atoms with Crippen LogP contribution in [0.3, 0.4) is 0 Å². The van der Waals surface area contributed by atoms with Crippen molar-refractivity contribution in [2.75, 3.05) is 25.0 Å². The van der Waals surface area contributed by atoms with E-state index in [0.29, 0.717) is 45.3 Å². The number of ether oxygens (including phenoxy) is 1. The van der Waals surface area contributed by atoms with Gasteiger partial charge < -0.3 is 29.9 Å². The van der Waals surface area contributed by atoms with Crippen LogP contribution in [0.5, 0.6) is 5.75 Å². The first-order chi connectivity index (χ1) is 17.6. The van der Waals surface area contributed by atoms with Gasteiger partial charge in [0, 0.05) is 31.8 Å². The minimum absolute atomic E-state index is 0.175. The highest BCUT2D eigenvalue weighted by atomic mass is 32.1. The molecule has 5 rings (SSSR count). The molecule has 4 aromatic rings. The van der Waals surface area contributed by atoms with Gasteiger partial charge in [-0.3, -0.25) is 9.59 Å². The van der Waals surface area contributed by atoms with Crippen LogP contribution in [0.1, 0.15) is 16.8 Å². The maximum atomic E-state index is 12.6. The Balaban J connectivity index is 1.29. The highest BCUT2D eigenvalue weighted by Crippen LogP contribution is 2.33. The van der Waals surface area contributed by atoms with E-state index in [4.69, 9.17) is 0 Å². The number of fused-ring (bicyclic) bond motifs is 2. The van der Waals surface area contributed by atoms with Crippen molar-refractivity contribution in [3.63, 3.8) is 0 Å². The molecule has 194 valence electrons. The van der Waals surface area contributed by atoms with Crippen LogP contribution in [0.15, 0.2) is 36.4 Å².